The van der Waals surface area contributed by atoms with Gasteiger partial charge in [0.1, 0.15) is 11.6 Å². The summed E-state index contributed by atoms with van der Waals surface area (Å²) in [6.07, 6.45) is 0. The monoisotopic (exact) mass is 276 g/mol. The Morgan fingerprint density at radius 2 is 1.80 bits per heavy atom. The van der Waals surface area contributed by atoms with E-state index in [0.717, 1.165) is 17.7 Å². The lowest BCUT2D eigenvalue weighted by molar-refractivity contribution is 0.236. The van der Waals surface area contributed by atoms with Gasteiger partial charge >= 0.3 is 0 Å². The third-order valence-corrected chi connectivity index (χ3v) is 3.35. The number of likely N-dealkylation sites (N-methyl/N-ethyl adjacent to an activating group) is 1. The zero-order valence-corrected chi connectivity index (χ0v) is 11.4. The molecule has 0 spiro atoms. The van der Waals surface area contributed by atoms with E-state index in [1.807, 2.05) is 42.3 Å². The Morgan fingerprint density at radius 3 is 2.45 bits per heavy atom. The average molecular weight is 276 g/mol. The number of hydrogen-bond donors (Lipinski definition) is 1. The highest BCUT2D eigenvalue weighted by Gasteiger charge is 2.19. The number of rotatable bonds is 5. The van der Waals surface area contributed by atoms with Crippen molar-refractivity contribution in [2.75, 3.05) is 13.6 Å². The summed E-state index contributed by atoms with van der Waals surface area (Å²) in [5, 5.41) is 0. The molecular weight excluding hydrogens is 258 g/mol. The fourth-order valence-corrected chi connectivity index (χ4v) is 2.30. The van der Waals surface area contributed by atoms with Crippen molar-refractivity contribution < 1.29 is 8.78 Å². The number of nitrogens with two attached hydrogens (primary N) is 1. The first kappa shape index (κ1) is 14.6. The summed E-state index contributed by atoms with van der Waals surface area (Å²) in [6, 6.07) is 12.9. The normalized spacial score (nSPS) is 12.7. The molecule has 0 aliphatic carbocycles. The van der Waals surface area contributed by atoms with Crippen LogP contribution in [0.15, 0.2) is 48.5 Å². The van der Waals surface area contributed by atoms with E-state index >= 15 is 0 Å². The third kappa shape index (κ3) is 3.40. The van der Waals surface area contributed by atoms with Gasteiger partial charge in [0.2, 0.25) is 0 Å². The summed E-state index contributed by atoms with van der Waals surface area (Å²) in [6.45, 7) is 0.850. The highest BCUT2D eigenvalue weighted by molar-refractivity contribution is 5.23. The van der Waals surface area contributed by atoms with Crippen LogP contribution >= 0.6 is 0 Å². The first-order valence-electron chi connectivity index (χ1n) is 6.51. The Balaban J connectivity index is 2.21. The predicted octanol–water partition coefficient (Wildman–Crippen LogP) is 3.10. The Hall–Kier alpha value is -1.78. The first-order chi connectivity index (χ1) is 9.61. The second kappa shape index (κ2) is 6.59. The molecule has 2 aromatic rings. The van der Waals surface area contributed by atoms with Crippen LogP contribution in [-0.2, 0) is 6.54 Å². The van der Waals surface area contributed by atoms with Crippen LogP contribution in [0.2, 0.25) is 0 Å². The molecule has 0 aliphatic heterocycles. The molecule has 2 nitrogen and oxygen atoms in total. The maximum absolute atomic E-state index is 13.9. The highest BCUT2D eigenvalue weighted by atomic mass is 19.1. The Bertz CT molecular complexity index is 558. The van der Waals surface area contributed by atoms with E-state index in [2.05, 4.69) is 0 Å². The molecule has 0 heterocycles. The largest absolute Gasteiger partial charge is 0.329 e. The van der Waals surface area contributed by atoms with E-state index in [4.69, 9.17) is 5.73 Å². The summed E-state index contributed by atoms with van der Waals surface area (Å²) in [5.41, 5.74) is 7.15. The number of benzene rings is 2. The molecule has 2 aromatic carbocycles. The molecule has 0 amide bonds. The van der Waals surface area contributed by atoms with Crippen molar-refractivity contribution in [1.29, 1.82) is 0 Å². The Labute approximate surface area is 117 Å². The summed E-state index contributed by atoms with van der Waals surface area (Å²) in [7, 11) is 1.86. The molecule has 0 bridgehead atoms. The van der Waals surface area contributed by atoms with Crippen molar-refractivity contribution in [3.05, 3.63) is 71.3 Å². The molecule has 0 radical (unpaired) electrons. The minimum Gasteiger partial charge on any atom is -0.329 e. The van der Waals surface area contributed by atoms with Crippen LogP contribution in [0.5, 0.6) is 0 Å². The molecule has 0 aromatic heterocycles. The molecule has 1 atom stereocenters. The molecule has 0 aliphatic rings. The fourth-order valence-electron chi connectivity index (χ4n) is 2.30. The molecule has 0 saturated heterocycles. The van der Waals surface area contributed by atoms with E-state index in [-0.39, 0.29) is 12.6 Å². The molecular formula is C16H18F2N2. The molecule has 0 fully saturated rings. The van der Waals surface area contributed by atoms with Gasteiger partial charge in [-0.2, -0.15) is 0 Å². The van der Waals surface area contributed by atoms with Crippen LogP contribution < -0.4 is 5.73 Å². The lowest BCUT2D eigenvalue weighted by Crippen LogP contribution is -2.31. The topological polar surface area (TPSA) is 29.3 Å². The standard InChI is InChI=1S/C16H18F2N2/c1-20(11-12-5-3-2-4-6-12)16(10-19)14-9-13(17)7-8-15(14)18/h2-9,16H,10-11,19H2,1H3. The van der Waals surface area contributed by atoms with E-state index < -0.39 is 11.6 Å². The van der Waals surface area contributed by atoms with Gasteiger partial charge in [-0.25, -0.2) is 8.78 Å². The number of hydrogen-bond acceptors (Lipinski definition) is 2. The van der Waals surface area contributed by atoms with Gasteiger partial charge in [-0.15, -0.1) is 0 Å². The fraction of sp³-hybridized carbons (Fsp3) is 0.250. The van der Waals surface area contributed by atoms with Gasteiger partial charge < -0.3 is 5.73 Å². The van der Waals surface area contributed by atoms with Gasteiger partial charge in [0, 0.05) is 18.7 Å². The second-order valence-electron chi connectivity index (χ2n) is 4.82. The minimum absolute atomic E-state index is 0.226. The maximum Gasteiger partial charge on any atom is 0.128 e. The first-order valence-corrected chi connectivity index (χ1v) is 6.51. The molecule has 0 saturated carbocycles. The van der Waals surface area contributed by atoms with Crippen LogP contribution in [0, 0.1) is 11.6 Å². The predicted molar refractivity (Wildman–Crippen MR) is 76.1 cm³/mol. The van der Waals surface area contributed by atoms with Crippen molar-refractivity contribution in [1.82, 2.24) is 4.90 Å². The van der Waals surface area contributed by atoms with Crippen molar-refractivity contribution in [2.45, 2.75) is 12.6 Å². The van der Waals surface area contributed by atoms with E-state index in [9.17, 15) is 8.78 Å². The summed E-state index contributed by atoms with van der Waals surface area (Å²) in [5.74, 6) is -0.880. The van der Waals surface area contributed by atoms with Gasteiger partial charge in [0.25, 0.3) is 0 Å². The minimum atomic E-state index is -0.451. The average Bonchev–Trinajstić information content (AvgIpc) is 2.44. The van der Waals surface area contributed by atoms with Gasteiger partial charge in [-0.1, -0.05) is 30.3 Å². The highest BCUT2D eigenvalue weighted by Crippen LogP contribution is 2.23. The SMILES string of the molecule is CN(Cc1ccccc1)C(CN)c1cc(F)ccc1F. The second-order valence-corrected chi connectivity index (χ2v) is 4.82. The van der Waals surface area contributed by atoms with Crippen LogP contribution in [-0.4, -0.2) is 18.5 Å². The Kier molecular flexibility index (Phi) is 4.82. The summed E-state index contributed by atoms with van der Waals surface area (Å²) in [4.78, 5) is 1.92. The van der Waals surface area contributed by atoms with E-state index in [1.54, 1.807) is 0 Å². The summed E-state index contributed by atoms with van der Waals surface area (Å²) < 4.78 is 27.2. The zero-order chi connectivity index (χ0) is 14.5. The quantitative estimate of drug-likeness (QED) is 0.909. The molecule has 1 unspecified atom stereocenters. The lowest BCUT2D eigenvalue weighted by Gasteiger charge is -2.27. The third-order valence-electron chi connectivity index (χ3n) is 3.35. The van der Waals surface area contributed by atoms with Crippen LogP contribution in [0.3, 0.4) is 0 Å². The van der Waals surface area contributed by atoms with E-state index in [1.165, 1.54) is 6.07 Å². The van der Waals surface area contributed by atoms with Crippen LogP contribution in [0.1, 0.15) is 17.2 Å². The van der Waals surface area contributed by atoms with Gasteiger partial charge in [0.05, 0.1) is 6.04 Å². The van der Waals surface area contributed by atoms with Crippen molar-refractivity contribution in [2.24, 2.45) is 5.73 Å². The maximum atomic E-state index is 13.9. The van der Waals surface area contributed by atoms with Crippen molar-refractivity contribution in [3.63, 3.8) is 0 Å². The molecule has 20 heavy (non-hydrogen) atoms. The van der Waals surface area contributed by atoms with Crippen LogP contribution in [0.25, 0.3) is 0 Å². The number of halogens is 2. The van der Waals surface area contributed by atoms with E-state index in [0.29, 0.717) is 12.1 Å². The van der Waals surface area contributed by atoms with Crippen LogP contribution in [0.4, 0.5) is 8.78 Å². The van der Waals surface area contributed by atoms with Gasteiger partial charge in [-0.05, 0) is 30.8 Å². The summed E-state index contributed by atoms with van der Waals surface area (Å²) >= 11 is 0. The molecule has 106 valence electrons. The molecule has 2 N–H and O–H groups in total. The molecule has 2 rings (SSSR count). The smallest absolute Gasteiger partial charge is 0.128 e. The van der Waals surface area contributed by atoms with Crippen molar-refractivity contribution >= 4 is 0 Å². The Morgan fingerprint density at radius 1 is 1.10 bits per heavy atom. The van der Waals surface area contributed by atoms with Gasteiger partial charge in [-0.3, -0.25) is 4.90 Å². The lowest BCUT2D eigenvalue weighted by atomic mass is 10.0. The van der Waals surface area contributed by atoms with Gasteiger partial charge in [0.15, 0.2) is 0 Å². The zero-order valence-electron chi connectivity index (χ0n) is 11.4. The molecule has 4 heteroatoms. The number of nitrogens with zero attached hydrogens (tertiary/aromatic N) is 1. The van der Waals surface area contributed by atoms with Crippen molar-refractivity contribution in [3.8, 4) is 0 Å².